The van der Waals surface area contributed by atoms with Gasteiger partial charge in [-0.05, 0) is 40.9 Å². The van der Waals surface area contributed by atoms with Crippen molar-refractivity contribution >= 4 is 6.03 Å². The van der Waals surface area contributed by atoms with E-state index in [0.29, 0.717) is 12.6 Å². The Bertz CT molecular complexity index is 560. The van der Waals surface area contributed by atoms with E-state index in [1.807, 2.05) is 32.8 Å². The first-order chi connectivity index (χ1) is 10.5. The Hall–Kier alpha value is -1.73. The number of rotatable bonds is 6. The lowest BCUT2D eigenvalue weighted by atomic mass is 9.95. The Labute approximate surface area is 135 Å². The lowest BCUT2D eigenvalue weighted by Crippen LogP contribution is -2.51. The summed E-state index contributed by atoms with van der Waals surface area (Å²) in [5.74, 6) is -1.58. The summed E-state index contributed by atoms with van der Waals surface area (Å²) in [7, 11) is 3.81. The molecule has 130 valence electrons. The van der Waals surface area contributed by atoms with E-state index >= 15 is 0 Å². The lowest BCUT2D eigenvalue weighted by molar-refractivity contribution is 0.0553. The van der Waals surface area contributed by atoms with Gasteiger partial charge in [0.05, 0.1) is 6.54 Å². The van der Waals surface area contributed by atoms with Gasteiger partial charge < -0.3 is 20.6 Å². The van der Waals surface area contributed by atoms with Crippen LogP contribution in [0, 0.1) is 11.6 Å². The molecule has 1 aromatic carbocycles. The fourth-order valence-electron chi connectivity index (χ4n) is 1.79. The smallest absolute Gasteiger partial charge is 0.314 e. The highest BCUT2D eigenvalue weighted by Crippen LogP contribution is 2.23. The number of hydrogen-bond donors (Lipinski definition) is 3. The Morgan fingerprint density at radius 2 is 1.74 bits per heavy atom. The van der Waals surface area contributed by atoms with Crippen LogP contribution in [0.15, 0.2) is 18.2 Å². The molecule has 0 spiro atoms. The van der Waals surface area contributed by atoms with Crippen molar-refractivity contribution in [2.75, 3.05) is 27.2 Å². The highest BCUT2D eigenvalue weighted by Gasteiger charge is 2.28. The third kappa shape index (κ3) is 5.44. The lowest BCUT2D eigenvalue weighted by Gasteiger charge is -2.32. The number of hydrogen-bond acceptors (Lipinski definition) is 3. The SMILES string of the molecule is CN(C)C(C)(C)CNC(=O)NCC(C)(O)c1ccc(F)cc1F. The molecule has 0 radical (unpaired) electrons. The topological polar surface area (TPSA) is 64.6 Å². The van der Waals surface area contributed by atoms with Crippen molar-refractivity contribution in [3.8, 4) is 0 Å². The molecule has 3 N–H and O–H groups in total. The molecule has 0 heterocycles. The molecule has 0 saturated carbocycles. The van der Waals surface area contributed by atoms with Crippen LogP contribution in [-0.4, -0.2) is 48.8 Å². The molecule has 1 unspecified atom stereocenters. The van der Waals surface area contributed by atoms with Crippen molar-refractivity contribution in [2.45, 2.75) is 31.9 Å². The summed E-state index contributed by atoms with van der Waals surface area (Å²) in [5.41, 5.74) is -1.96. The van der Waals surface area contributed by atoms with Gasteiger partial charge in [-0.15, -0.1) is 0 Å². The van der Waals surface area contributed by atoms with Gasteiger partial charge in [0.25, 0.3) is 0 Å². The Kier molecular flexibility index (Phi) is 6.07. The second kappa shape index (κ2) is 7.23. The molecular formula is C16H25F2N3O2. The third-order valence-electron chi connectivity index (χ3n) is 4.00. The van der Waals surface area contributed by atoms with E-state index in [9.17, 15) is 18.7 Å². The van der Waals surface area contributed by atoms with E-state index in [1.54, 1.807) is 0 Å². The zero-order chi connectivity index (χ0) is 17.8. The largest absolute Gasteiger partial charge is 0.383 e. The van der Waals surface area contributed by atoms with Crippen LogP contribution in [0.4, 0.5) is 13.6 Å². The van der Waals surface area contributed by atoms with Gasteiger partial charge in [0, 0.05) is 23.7 Å². The highest BCUT2D eigenvalue weighted by molar-refractivity contribution is 5.74. The minimum absolute atomic E-state index is 0.0761. The highest BCUT2D eigenvalue weighted by atomic mass is 19.1. The van der Waals surface area contributed by atoms with Gasteiger partial charge in [0.2, 0.25) is 0 Å². The van der Waals surface area contributed by atoms with Gasteiger partial charge in [-0.3, -0.25) is 0 Å². The maximum Gasteiger partial charge on any atom is 0.314 e. The number of nitrogens with zero attached hydrogens (tertiary/aromatic N) is 1. The van der Waals surface area contributed by atoms with E-state index in [0.717, 1.165) is 6.07 Å². The van der Waals surface area contributed by atoms with Crippen molar-refractivity contribution in [2.24, 2.45) is 0 Å². The molecule has 1 atom stereocenters. The quantitative estimate of drug-likeness (QED) is 0.746. The van der Waals surface area contributed by atoms with Crippen LogP contribution in [0.5, 0.6) is 0 Å². The van der Waals surface area contributed by atoms with Crippen LogP contribution in [0.1, 0.15) is 26.3 Å². The molecule has 0 aliphatic heterocycles. The zero-order valence-electron chi connectivity index (χ0n) is 14.2. The van der Waals surface area contributed by atoms with Crippen molar-refractivity contribution in [1.82, 2.24) is 15.5 Å². The molecular weight excluding hydrogens is 304 g/mol. The van der Waals surface area contributed by atoms with Crippen molar-refractivity contribution in [3.63, 3.8) is 0 Å². The van der Waals surface area contributed by atoms with Gasteiger partial charge in [-0.1, -0.05) is 6.07 Å². The summed E-state index contributed by atoms with van der Waals surface area (Å²) in [6.45, 7) is 5.49. The summed E-state index contributed by atoms with van der Waals surface area (Å²) >= 11 is 0. The molecule has 0 bridgehead atoms. The maximum absolute atomic E-state index is 13.7. The predicted octanol–water partition coefficient (Wildman–Crippen LogP) is 1.81. The Balaban J connectivity index is 2.60. The van der Waals surface area contributed by atoms with Crippen LogP contribution in [-0.2, 0) is 5.60 Å². The number of likely N-dealkylation sites (N-methyl/N-ethyl adjacent to an activating group) is 1. The summed E-state index contributed by atoms with van der Waals surface area (Å²) < 4.78 is 26.7. The normalized spacial score (nSPS) is 14.5. The molecule has 0 aliphatic rings. The second-order valence-electron chi connectivity index (χ2n) is 6.64. The van der Waals surface area contributed by atoms with Gasteiger partial charge in [0.1, 0.15) is 17.2 Å². The van der Waals surface area contributed by atoms with E-state index in [-0.39, 0.29) is 17.6 Å². The zero-order valence-corrected chi connectivity index (χ0v) is 14.2. The van der Waals surface area contributed by atoms with Gasteiger partial charge >= 0.3 is 6.03 Å². The van der Waals surface area contributed by atoms with E-state index in [4.69, 9.17) is 0 Å². The molecule has 5 nitrogen and oxygen atoms in total. The second-order valence-corrected chi connectivity index (χ2v) is 6.64. The molecule has 0 saturated heterocycles. The monoisotopic (exact) mass is 329 g/mol. The standard InChI is InChI=1S/C16H25F2N3O2/c1-15(2,21(4)5)9-19-14(22)20-10-16(3,23)12-7-6-11(17)8-13(12)18/h6-8,23H,9-10H2,1-5H3,(H2,19,20,22). The summed E-state index contributed by atoms with van der Waals surface area (Å²) in [6.07, 6.45) is 0. The molecule has 0 aromatic heterocycles. The first-order valence-electron chi connectivity index (χ1n) is 7.33. The first kappa shape index (κ1) is 19.3. The van der Waals surface area contributed by atoms with E-state index < -0.39 is 23.3 Å². The van der Waals surface area contributed by atoms with Crippen LogP contribution in [0.2, 0.25) is 0 Å². The fraction of sp³-hybridized carbons (Fsp3) is 0.562. The Morgan fingerprint density at radius 1 is 1.17 bits per heavy atom. The average molecular weight is 329 g/mol. The summed E-state index contributed by atoms with van der Waals surface area (Å²) in [6, 6.07) is 2.46. The van der Waals surface area contributed by atoms with E-state index in [2.05, 4.69) is 10.6 Å². The number of benzene rings is 1. The first-order valence-corrected chi connectivity index (χ1v) is 7.33. The van der Waals surface area contributed by atoms with Gasteiger partial charge in [0.15, 0.2) is 0 Å². The molecule has 1 aromatic rings. The molecule has 1 rings (SSSR count). The minimum Gasteiger partial charge on any atom is -0.383 e. The number of amides is 2. The Morgan fingerprint density at radius 3 is 2.26 bits per heavy atom. The summed E-state index contributed by atoms with van der Waals surface area (Å²) in [4.78, 5) is 13.8. The molecule has 7 heteroatoms. The predicted molar refractivity (Wildman–Crippen MR) is 85.1 cm³/mol. The number of carbonyl (C=O) groups is 1. The maximum atomic E-state index is 13.7. The van der Waals surface area contributed by atoms with Crippen LogP contribution in [0.3, 0.4) is 0 Å². The molecule has 0 aliphatic carbocycles. The van der Waals surface area contributed by atoms with Crippen molar-refractivity contribution in [3.05, 3.63) is 35.4 Å². The minimum atomic E-state index is -1.65. The molecule has 2 amide bonds. The molecule has 23 heavy (non-hydrogen) atoms. The average Bonchev–Trinajstić information content (AvgIpc) is 2.42. The number of halogens is 2. The fourth-order valence-corrected chi connectivity index (χ4v) is 1.79. The van der Waals surface area contributed by atoms with Crippen molar-refractivity contribution in [1.29, 1.82) is 0 Å². The third-order valence-corrected chi connectivity index (χ3v) is 4.00. The van der Waals surface area contributed by atoms with Crippen LogP contribution in [0.25, 0.3) is 0 Å². The van der Waals surface area contributed by atoms with E-state index in [1.165, 1.54) is 13.0 Å². The summed E-state index contributed by atoms with van der Waals surface area (Å²) in [5, 5.41) is 15.5. The number of aliphatic hydroxyl groups is 1. The number of urea groups is 1. The van der Waals surface area contributed by atoms with Gasteiger partial charge in [-0.2, -0.15) is 0 Å². The number of carbonyl (C=O) groups excluding carboxylic acids is 1. The van der Waals surface area contributed by atoms with Crippen LogP contribution < -0.4 is 10.6 Å². The van der Waals surface area contributed by atoms with Crippen molar-refractivity contribution < 1.29 is 18.7 Å². The molecule has 0 fully saturated rings. The van der Waals surface area contributed by atoms with Crippen LogP contribution >= 0.6 is 0 Å². The number of nitrogens with one attached hydrogen (secondary N) is 2. The van der Waals surface area contributed by atoms with Gasteiger partial charge in [-0.25, -0.2) is 13.6 Å².